The molecule has 4 heteroatoms. The van der Waals surface area contributed by atoms with Crippen LogP contribution in [0.15, 0.2) is 0 Å². The van der Waals surface area contributed by atoms with Crippen molar-refractivity contribution in [2.75, 3.05) is 13.1 Å². The Balaban J connectivity index is 2.47. The van der Waals surface area contributed by atoms with Gasteiger partial charge in [-0.1, -0.05) is 6.92 Å². The maximum absolute atomic E-state index is 10.3. The van der Waals surface area contributed by atoms with E-state index in [0.717, 1.165) is 13.0 Å². The fraction of sp³-hybridized carbons (Fsp3) is 1.00. The van der Waals surface area contributed by atoms with E-state index < -0.39 is 0 Å². The summed E-state index contributed by atoms with van der Waals surface area (Å²) in [6.07, 6.45) is 0.922. The minimum absolute atomic E-state index is 0.184. The number of hydrogen-bond acceptors (Lipinski definition) is 3. The molecule has 1 rings (SSSR count). The van der Waals surface area contributed by atoms with Crippen molar-refractivity contribution in [3.05, 3.63) is 10.1 Å². The average Bonchev–Trinajstić information content (AvgIpc) is 1.88. The van der Waals surface area contributed by atoms with Crippen LogP contribution in [0.5, 0.6) is 0 Å². The number of nitrogens with one attached hydrogen (secondary N) is 1. The second-order valence-corrected chi connectivity index (χ2v) is 2.82. The van der Waals surface area contributed by atoms with Gasteiger partial charge in [0.05, 0.1) is 6.54 Å². The van der Waals surface area contributed by atoms with Gasteiger partial charge in [-0.2, -0.15) is 0 Å². The van der Waals surface area contributed by atoms with E-state index in [1.807, 2.05) is 6.92 Å². The van der Waals surface area contributed by atoms with Crippen LogP contribution in [0.2, 0.25) is 0 Å². The molecule has 1 aliphatic rings. The van der Waals surface area contributed by atoms with Crippen molar-refractivity contribution in [1.29, 1.82) is 0 Å². The lowest BCUT2D eigenvalue weighted by atomic mass is 9.96. The van der Waals surface area contributed by atoms with Crippen LogP contribution in [0.3, 0.4) is 0 Å². The summed E-state index contributed by atoms with van der Waals surface area (Å²) in [4.78, 5) is 10.1. The van der Waals surface area contributed by atoms with Gasteiger partial charge in [0, 0.05) is 10.8 Å². The second-order valence-electron chi connectivity index (χ2n) is 2.82. The van der Waals surface area contributed by atoms with E-state index in [9.17, 15) is 10.1 Å². The molecular weight excluding hydrogens is 132 g/mol. The highest BCUT2D eigenvalue weighted by Gasteiger charge is 2.29. The van der Waals surface area contributed by atoms with Gasteiger partial charge in [-0.25, -0.2) is 0 Å². The van der Waals surface area contributed by atoms with E-state index >= 15 is 0 Å². The van der Waals surface area contributed by atoms with Crippen LogP contribution in [0, 0.1) is 16.0 Å². The predicted octanol–water partition coefficient (Wildman–Crippen LogP) is 0.261. The number of rotatable bonds is 1. The summed E-state index contributed by atoms with van der Waals surface area (Å²) in [5.41, 5.74) is 0. The van der Waals surface area contributed by atoms with E-state index in [2.05, 4.69) is 5.32 Å². The lowest BCUT2D eigenvalue weighted by Crippen LogP contribution is -2.43. The van der Waals surface area contributed by atoms with Crippen molar-refractivity contribution in [3.63, 3.8) is 0 Å². The van der Waals surface area contributed by atoms with Crippen LogP contribution in [-0.2, 0) is 0 Å². The molecule has 10 heavy (non-hydrogen) atoms. The van der Waals surface area contributed by atoms with Crippen molar-refractivity contribution in [2.24, 2.45) is 5.92 Å². The first kappa shape index (κ1) is 7.47. The first-order valence-corrected chi connectivity index (χ1v) is 3.56. The van der Waals surface area contributed by atoms with Crippen molar-refractivity contribution in [1.82, 2.24) is 5.32 Å². The third kappa shape index (κ3) is 1.44. The van der Waals surface area contributed by atoms with Gasteiger partial charge in [-0.15, -0.1) is 0 Å². The summed E-state index contributed by atoms with van der Waals surface area (Å²) in [5.74, 6) is 0.233. The zero-order chi connectivity index (χ0) is 7.56. The van der Waals surface area contributed by atoms with Gasteiger partial charge in [-0.3, -0.25) is 10.1 Å². The Morgan fingerprint density at radius 3 is 2.80 bits per heavy atom. The highest BCUT2D eigenvalue weighted by atomic mass is 16.6. The summed E-state index contributed by atoms with van der Waals surface area (Å²) < 4.78 is 0. The second kappa shape index (κ2) is 2.96. The Kier molecular flexibility index (Phi) is 2.21. The highest BCUT2D eigenvalue weighted by molar-refractivity contribution is 4.74. The molecule has 0 aromatic heterocycles. The molecule has 0 bridgehead atoms. The van der Waals surface area contributed by atoms with Gasteiger partial charge in [0.1, 0.15) is 0 Å². The first-order valence-electron chi connectivity index (χ1n) is 3.56. The van der Waals surface area contributed by atoms with Gasteiger partial charge in [0.2, 0.25) is 6.04 Å². The van der Waals surface area contributed by atoms with Crippen LogP contribution in [0.25, 0.3) is 0 Å². The molecule has 0 aromatic rings. The summed E-state index contributed by atoms with van der Waals surface area (Å²) in [7, 11) is 0. The number of nitrogens with zero attached hydrogens (tertiary/aromatic N) is 1. The van der Waals surface area contributed by atoms with Gasteiger partial charge in [0.25, 0.3) is 0 Å². The fourth-order valence-electron chi connectivity index (χ4n) is 1.26. The van der Waals surface area contributed by atoms with E-state index in [0.29, 0.717) is 6.54 Å². The molecule has 0 spiro atoms. The number of piperidine rings is 1. The van der Waals surface area contributed by atoms with E-state index in [1.165, 1.54) is 0 Å². The molecule has 0 unspecified atom stereocenters. The monoisotopic (exact) mass is 144 g/mol. The van der Waals surface area contributed by atoms with Gasteiger partial charge in [0.15, 0.2) is 0 Å². The van der Waals surface area contributed by atoms with Crippen LogP contribution >= 0.6 is 0 Å². The molecule has 1 fully saturated rings. The molecule has 2 atom stereocenters. The highest BCUT2D eigenvalue weighted by Crippen LogP contribution is 2.13. The molecule has 0 saturated carbocycles. The van der Waals surface area contributed by atoms with E-state index in [4.69, 9.17) is 0 Å². The standard InChI is InChI=1S/C6H12N2O2/c1-5-2-3-7-4-6(5)8(9)10/h5-7H,2-4H2,1H3/t5-,6+/m0/s1. The quantitative estimate of drug-likeness (QED) is 0.424. The fourth-order valence-corrected chi connectivity index (χ4v) is 1.26. The Labute approximate surface area is 59.8 Å². The van der Waals surface area contributed by atoms with Crippen molar-refractivity contribution in [3.8, 4) is 0 Å². The number of hydrogen-bond donors (Lipinski definition) is 1. The Morgan fingerprint density at radius 1 is 1.70 bits per heavy atom. The molecule has 0 radical (unpaired) electrons. The largest absolute Gasteiger partial charge is 0.310 e. The minimum Gasteiger partial charge on any atom is -0.310 e. The lowest BCUT2D eigenvalue weighted by molar-refractivity contribution is -0.531. The molecule has 58 valence electrons. The van der Waals surface area contributed by atoms with E-state index in [1.54, 1.807) is 0 Å². The summed E-state index contributed by atoms with van der Waals surface area (Å²) in [6.45, 7) is 3.40. The Bertz CT molecular complexity index is 138. The molecule has 0 amide bonds. The van der Waals surface area contributed by atoms with Gasteiger partial charge >= 0.3 is 0 Å². The molecular formula is C6H12N2O2. The SMILES string of the molecule is C[C@H]1CCNC[C@H]1[N+](=O)[O-]. The van der Waals surface area contributed by atoms with Crippen LogP contribution in [0.1, 0.15) is 13.3 Å². The predicted molar refractivity (Wildman–Crippen MR) is 37.4 cm³/mol. The van der Waals surface area contributed by atoms with Crippen molar-refractivity contribution >= 4 is 0 Å². The third-order valence-electron chi connectivity index (χ3n) is 2.06. The Morgan fingerprint density at radius 2 is 2.40 bits per heavy atom. The summed E-state index contributed by atoms with van der Waals surface area (Å²) in [6, 6.07) is -0.367. The number of nitro groups is 1. The zero-order valence-electron chi connectivity index (χ0n) is 6.04. The topological polar surface area (TPSA) is 55.2 Å². The van der Waals surface area contributed by atoms with Crippen molar-refractivity contribution < 1.29 is 4.92 Å². The molecule has 1 heterocycles. The zero-order valence-corrected chi connectivity index (χ0v) is 6.04. The van der Waals surface area contributed by atoms with Crippen LogP contribution < -0.4 is 5.32 Å². The molecule has 1 N–H and O–H groups in total. The Hall–Kier alpha value is -0.640. The maximum Gasteiger partial charge on any atom is 0.227 e. The normalized spacial score (nSPS) is 33.7. The molecule has 0 aromatic carbocycles. The van der Waals surface area contributed by atoms with Gasteiger partial charge in [-0.05, 0) is 13.0 Å². The molecule has 1 aliphatic heterocycles. The minimum atomic E-state index is -0.367. The average molecular weight is 144 g/mol. The summed E-state index contributed by atoms with van der Waals surface area (Å²) in [5, 5.41) is 13.3. The van der Waals surface area contributed by atoms with Gasteiger partial charge < -0.3 is 5.32 Å². The smallest absolute Gasteiger partial charge is 0.227 e. The first-order chi connectivity index (χ1) is 4.72. The molecule has 4 nitrogen and oxygen atoms in total. The third-order valence-corrected chi connectivity index (χ3v) is 2.06. The van der Waals surface area contributed by atoms with E-state index in [-0.39, 0.29) is 16.9 Å². The van der Waals surface area contributed by atoms with Crippen LogP contribution in [-0.4, -0.2) is 24.1 Å². The van der Waals surface area contributed by atoms with Crippen LogP contribution in [0.4, 0.5) is 0 Å². The van der Waals surface area contributed by atoms with Crippen molar-refractivity contribution in [2.45, 2.75) is 19.4 Å². The molecule has 0 aliphatic carbocycles. The summed E-state index contributed by atoms with van der Waals surface area (Å²) >= 11 is 0. The molecule has 1 saturated heterocycles. The lowest BCUT2D eigenvalue weighted by Gasteiger charge is -2.22. The maximum atomic E-state index is 10.3.